The number of methoxy groups -OCH3 is 2. The van der Waals surface area contributed by atoms with E-state index < -0.39 is 0 Å². The fourth-order valence-electron chi connectivity index (χ4n) is 2.63. The van der Waals surface area contributed by atoms with Crippen molar-refractivity contribution >= 4 is 16.6 Å². The fourth-order valence-corrected chi connectivity index (χ4v) is 2.63. The molecule has 0 unspecified atom stereocenters. The van der Waals surface area contributed by atoms with E-state index in [2.05, 4.69) is 10.3 Å². The summed E-state index contributed by atoms with van der Waals surface area (Å²) >= 11 is 0. The van der Waals surface area contributed by atoms with Crippen LogP contribution >= 0.6 is 0 Å². The molecule has 3 aromatic rings. The Balaban J connectivity index is 1.87. The largest absolute Gasteiger partial charge is 0.497 e. The van der Waals surface area contributed by atoms with Crippen LogP contribution in [0.25, 0.3) is 10.9 Å². The van der Waals surface area contributed by atoms with E-state index in [0.717, 1.165) is 27.9 Å². The van der Waals surface area contributed by atoms with Crippen LogP contribution < -0.4 is 20.3 Å². The first-order valence-corrected chi connectivity index (χ1v) is 7.69. The molecule has 1 heterocycles. The molecule has 0 fully saturated rings. The van der Waals surface area contributed by atoms with E-state index >= 15 is 0 Å². The molecule has 0 radical (unpaired) electrons. The number of hydrogen-bond donors (Lipinski definition) is 2. The van der Waals surface area contributed by atoms with Gasteiger partial charge in [0.1, 0.15) is 11.5 Å². The van der Waals surface area contributed by atoms with Crippen molar-refractivity contribution in [3.8, 4) is 11.5 Å². The number of anilines is 1. The van der Waals surface area contributed by atoms with E-state index in [0.29, 0.717) is 17.9 Å². The lowest BCUT2D eigenvalue weighted by atomic mass is 10.1. The normalized spacial score (nSPS) is 10.6. The molecule has 0 bridgehead atoms. The second-order valence-corrected chi connectivity index (χ2v) is 5.63. The third-order valence-electron chi connectivity index (χ3n) is 3.96. The minimum Gasteiger partial charge on any atom is -0.497 e. The summed E-state index contributed by atoms with van der Waals surface area (Å²) < 4.78 is 10.6. The topological polar surface area (TPSA) is 63.3 Å². The summed E-state index contributed by atoms with van der Waals surface area (Å²) in [7, 11) is 3.21. The molecular weight excluding hydrogens is 304 g/mol. The number of aromatic nitrogens is 1. The minimum atomic E-state index is -0.0897. The fraction of sp³-hybridized carbons (Fsp3) is 0.211. The predicted octanol–water partition coefficient (Wildman–Crippen LogP) is 3.47. The number of aromatic amines is 1. The summed E-state index contributed by atoms with van der Waals surface area (Å²) in [6.07, 6.45) is 0. The molecule has 5 heteroatoms. The van der Waals surface area contributed by atoms with Gasteiger partial charge in [0.25, 0.3) is 5.56 Å². The number of aryl methyl sites for hydroxylation is 1. The smallest absolute Gasteiger partial charge is 0.253 e. The molecule has 2 aromatic carbocycles. The van der Waals surface area contributed by atoms with Crippen LogP contribution in [0, 0.1) is 6.92 Å². The predicted molar refractivity (Wildman–Crippen MR) is 96.2 cm³/mol. The highest BCUT2D eigenvalue weighted by atomic mass is 16.5. The Morgan fingerprint density at radius 3 is 2.62 bits per heavy atom. The lowest BCUT2D eigenvalue weighted by Crippen LogP contribution is -2.15. The van der Waals surface area contributed by atoms with E-state index in [9.17, 15) is 4.79 Å². The van der Waals surface area contributed by atoms with E-state index in [1.54, 1.807) is 20.3 Å². The zero-order valence-corrected chi connectivity index (χ0v) is 14.0. The molecule has 0 atom stereocenters. The van der Waals surface area contributed by atoms with Crippen molar-refractivity contribution in [3.05, 3.63) is 63.9 Å². The zero-order chi connectivity index (χ0) is 17.1. The zero-order valence-electron chi connectivity index (χ0n) is 14.0. The molecule has 5 nitrogen and oxygen atoms in total. The van der Waals surface area contributed by atoms with Crippen LogP contribution in [0.15, 0.2) is 47.3 Å². The van der Waals surface area contributed by atoms with Gasteiger partial charge in [-0.3, -0.25) is 4.79 Å². The van der Waals surface area contributed by atoms with Crippen LogP contribution in [0.3, 0.4) is 0 Å². The second-order valence-electron chi connectivity index (χ2n) is 5.63. The molecule has 0 aliphatic carbocycles. The van der Waals surface area contributed by atoms with Gasteiger partial charge in [-0.05, 0) is 42.1 Å². The minimum absolute atomic E-state index is 0.0897. The molecule has 1 aromatic heterocycles. The summed E-state index contributed by atoms with van der Waals surface area (Å²) in [5, 5.41) is 4.26. The van der Waals surface area contributed by atoms with Crippen molar-refractivity contribution < 1.29 is 9.47 Å². The van der Waals surface area contributed by atoms with E-state index in [1.165, 1.54) is 0 Å². The Bertz CT molecular complexity index is 932. The molecule has 2 N–H and O–H groups in total. The monoisotopic (exact) mass is 324 g/mol. The average Bonchev–Trinajstić information content (AvgIpc) is 2.59. The summed E-state index contributed by atoms with van der Waals surface area (Å²) in [6, 6.07) is 13.4. The summed E-state index contributed by atoms with van der Waals surface area (Å²) in [5.41, 5.74) is 3.36. The van der Waals surface area contributed by atoms with Gasteiger partial charge < -0.3 is 19.8 Å². The Hall–Kier alpha value is -2.95. The van der Waals surface area contributed by atoms with Crippen LogP contribution in [0.4, 0.5) is 5.69 Å². The number of rotatable bonds is 5. The van der Waals surface area contributed by atoms with Crippen molar-refractivity contribution in [1.82, 2.24) is 4.98 Å². The maximum absolute atomic E-state index is 12.3. The van der Waals surface area contributed by atoms with Crippen molar-refractivity contribution in [2.24, 2.45) is 0 Å². The van der Waals surface area contributed by atoms with Gasteiger partial charge >= 0.3 is 0 Å². The van der Waals surface area contributed by atoms with Crippen molar-refractivity contribution in [1.29, 1.82) is 0 Å². The third kappa shape index (κ3) is 3.20. The van der Waals surface area contributed by atoms with E-state index in [4.69, 9.17) is 9.47 Å². The van der Waals surface area contributed by atoms with Gasteiger partial charge in [-0.1, -0.05) is 12.1 Å². The molecule has 0 saturated heterocycles. The van der Waals surface area contributed by atoms with Gasteiger partial charge in [0, 0.05) is 23.7 Å². The van der Waals surface area contributed by atoms with Crippen molar-refractivity contribution in [2.45, 2.75) is 13.5 Å². The first-order valence-electron chi connectivity index (χ1n) is 7.69. The molecule has 0 spiro atoms. The van der Waals surface area contributed by atoms with Gasteiger partial charge in [0.05, 0.1) is 19.9 Å². The molecule has 0 saturated carbocycles. The molecule has 0 amide bonds. The summed E-state index contributed by atoms with van der Waals surface area (Å²) in [6.45, 7) is 2.41. The number of hydrogen-bond acceptors (Lipinski definition) is 4. The van der Waals surface area contributed by atoms with Gasteiger partial charge in [0.15, 0.2) is 0 Å². The van der Waals surface area contributed by atoms with Gasteiger partial charge in [-0.15, -0.1) is 0 Å². The van der Waals surface area contributed by atoms with Crippen LogP contribution in [-0.2, 0) is 6.54 Å². The Kier molecular flexibility index (Phi) is 4.42. The van der Waals surface area contributed by atoms with Crippen molar-refractivity contribution in [3.63, 3.8) is 0 Å². The van der Waals surface area contributed by atoms with Crippen LogP contribution in [0.5, 0.6) is 11.5 Å². The number of H-pyrrole nitrogens is 1. The van der Waals surface area contributed by atoms with E-state index in [1.807, 2.05) is 43.3 Å². The Morgan fingerprint density at radius 2 is 1.88 bits per heavy atom. The molecule has 124 valence electrons. The molecule has 0 aliphatic rings. The number of ether oxygens (including phenoxy) is 2. The lowest BCUT2D eigenvalue weighted by molar-refractivity contribution is 0.395. The molecule has 24 heavy (non-hydrogen) atoms. The van der Waals surface area contributed by atoms with Crippen molar-refractivity contribution in [2.75, 3.05) is 19.5 Å². The Labute approximate surface area is 140 Å². The van der Waals surface area contributed by atoms with Gasteiger partial charge in [-0.25, -0.2) is 0 Å². The number of nitrogens with one attached hydrogen (secondary N) is 2. The molecular formula is C19H20N2O3. The maximum Gasteiger partial charge on any atom is 0.253 e. The van der Waals surface area contributed by atoms with Crippen LogP contribution in [0.2, 0.25) is 0 Å². The second kappa shape index (κ2) is 6.66. The third-order valence-corrected chi connectivity index (χ3v) is 3.96. The number of benzene rings is 2. The molecule has 3 rings (SSSR count). The highest BCUT2D eigenvalue weighted by Gasteiger charge is 2.07. The van der Waals surface area contributed by atoms with Gasteiger partial charge in [0.2, 0.25) is 0 Å². The maximum atomic E-state index is 12.3. The van der Waals surface area contributed by atoms with Gasteiger partial charge in [-0.2, -0.15) is 0 Å². The first-order chi connectivity index (χ1) is 11.6. The summed E-state index contributed by atoms with van der Waals surface area (Å²) in [5.74, 6) is 1.39. The lowest BCUT2D eigenvalue weighted by Gasteiger charge is -2.12. The van der Waals surface area contributed by atoms with Crippen LogP contribution in [0.1, 0.15) is 11.1 Å². The number of fused-ring (bicyclic) bond motifs is 1. The average molecular weight is 324 g/mol. The highest BCUT2D eigenvalue weighted by molar-refractivity contribution is 5.79. The molecule has 0 aliphatic heterocycles. The Morgan fingerprint density at radius 1 is 1.04 bits per heavy atom. The highest BCUT2D eigenvalue weighted by Crippen LogP contribution is 2.29. The standard InChI is InChI=1S/C19H20N2O3/c1-12-4-5-13-9-14(19(22)21-17(13)8-12)11-20-16-7-6-15(23-2)10-18(16)24-3/h4-10,20H,11H2,1-3H3,(H,21,22). The summed E-state index contributed by atoms with van der Waals surface area (Å²) in [4.78, 5) is 15.2. The quantitative estimate of drug-likeness (QED) is 0.754. The van der Waals surface area contributed by atoms with E-state index in [-0.39, 0.29) is 5.56 Å². The first kappa shape index (κ1) is 15.9. The number of pyridine rings is 1. The SMILES string of the molecule is COc1ccc(NCc2cc3ccc(C)cc3[nH]c2=O)c(OC)c1. The van der Waals surface area contributed by atoms with Crippen LogP contribution in [-0.4, -0.2) is 19.2 Å².